The number of nitrogens with one attached hydrogen (secondary N) is 1. The quantitative estimate of drug-likeness (QED) is 0.622. The Balaban J connectivity index is 1.40. The van der Waals surface area contributed by atoms with E-state index in [1.807, 2.05) is 24.3 Å². The number of piperidine rings is 1. The summed E-state index contributed by atoms with van der Waals surface area (Å²) in [5, 5.41) is 0. The third kappa shape index (κ3) is 3.69. The monoisotopic (exact) mass is 448 g/mol. The van der Waals surface area contributed by atoms with Crippen LogP contribution in [-0.2, 0) is 19.8 Å². The van der Waals surface area contributed by atoms with Gasteiger partial charge < -0.3 is 9.88 Å². The predicted molar refractivity (Wildman–Crippen MR) is 120 cm³/mol. The van der Waals surface area contributed by atoms with Crippen molar-refractivity contribution in [2.45, 2.75) is 37.0 Å². The van der Waals surface area contributed by atoms with Crippen LogP contribution in [0.3, 0.4) is 0 Å². The molecule has 5 rings (SSSR count). The van der Waals surface area contributed by atoms with Crippen LogP contribution >= 0.6 is 0 Å². The van der Waals surface area contributed by atoms with E-state index in [0.717, 1.165) is 34.6 Å². The van der Waals surface area contributed by atoms with Crippen LogP contribution in [0.1, 0.15) is 43.0 Å². The Morgan fingerprint density at radius 1 is 1.21 bits per heavy atom. The number of rotatable bonds is 4. The van der Waals surface area contributed by atoms with Crippen LogP contribution in [-0.4, -0.2) is 57.6 Å². The number of aromatic nitrogens is 2. The summed E-state index contributed by atoms with van der Waals surface area (Å²) in [6, 6.07) is 13.5. The maximum absolute atomic E-state index is 14.0. The summed E-state index contributed by atoms with van der Waals surface area (Å²) in [5.41, 5.74) is 0.833. The molecule has 33 heavy (non-hydrogen) atoms. The lowest BCUT2D eigenvalue weighted by molar-refractivity contribution is -0.141. The van der Waals surface area contributed by atoms with Crippen LogP contribution in [0.5, 0.6) is 0 Å². The Kier molecular flexibility index (Phi) is 5.23. The van der Waals surface area contributed by atoms with E-state index in [-0.39, 0.29) is 30.6 Å². The van der Waals surface area contributed by atoms with Gasteiger partial charge in [0, 0.05) is 38.9 Å². The molecular weight excluding hydrogens is 423 g/mol. The first-order chi connectivity index (χ1) is 15.9. The number of amides is 3. The fraction of sp³-hybridized carbons (Fsp3) is 0.360. The Bertz CT molecular complexity index is 1220. The highest BCUT2D eigenvalue weighted by molar-refractivity contribution is 6.10. The molecule has 0 radical (unpaired) electrons. The van der Waals surface area contributed by atoms with E-state index >= 15 is 0 Å². The number of likely N-dealkylation sites (tertiary alicyclic amines) is 2. The van der Waals surface area contributed by atoms with Crippen LogP contribution in [0.15, 0.2) is 48.5 Å². The van der Waals surface area contributed by atoms with Gasteiger partial charge in [0.1, 0.15) is 11.6 Å². The van der Waals surface area contributed by atoms with E-state index in [4.69, 9.17) is 4.98 Å². The highest BCUT2D eigenvalue weighted by Gasteiger charge is 2.53. The number of imidazole rings is 1. The number of aromatic amines is 1. The summed E-state index contributed by atoms with van der Waals surface area (Å²) in [6.07, 6.45) is 1.41. The van der Waals surface area contributed by atoms with Crippen molar-refractivity contribution in [1.82, 2.24) is 19.8 Å². The number of nitrogens with zero attached hydrogens (tertiary/aromatic N) is 3. The first-order valence-electron chi connectivity index (χ1n) is 11.2. The van der Waals surface area contributed by atoms with Gasteiger partial charge >= 0.3 is 0 Å². The third-order valence-electron chi connectivity index (χ3n) is 6.94. The number of hydrogen-bond donors (Lipinski definition) is 1. The number of hydrogen-bond acceptors (Lipinski definition) is 4. The van der Waals surface area contributed by atoms with Crippen molar-refractivity contribution in [3.8, 4) is 0 Å². The molecule has 2 unspecified atom stereocenters. The summed E-state index contributed by atoms with van der Waals surface area (Å²) in [4.78, 5) is 49.9. The second-order valence-corrected chi connectivity index (χ2v) is 9.02. The first kappa shape index (κ1) is 21.3. The Morgan fingerprint density at radius 3 is 2.76 bits per heavy atom. The lowest BCUT2D eigenvalue weighted by Crippen LogP contribution is -2.45. The zero-order valence-corrected chi connectivity index (χ0v) is 18.4. The van der Waals surface area contributed by atoms with Crippen LogP contribution in [0.4, 0.5) is 4.39 Å². The molecule has 3 aromatic rings. The van der Waals surface area contributed by atoms with Gasteiger partial charge in [-0.25, -0.2) is 9.37 Å². The number of fused-ring (bicyclic) bond motifs is 1. The SMILES string of the molecule is CN1C(=O)CC(CC(=O)N2CCCC(c3nc4ccccc4[nH]3)C2)(c2cccc(F)c2)C1=O. The van der Waals surface area contributed by atoms with Crippen molar-refractivity contribution in [3.63, 3.8) is 0 Å². The number of para-hydroxylation sites is 2. The van der Waals surface area contributed by atoms with Gasteiger partial charge in [-0.05, 0) is 42.7 Å². The number of carbonyl (C=O) groups excluding carboxylic acids is 3. The van der Waals surface area contributed by atoms with Gasteiger partial charge in [-0.3, -0.25) is 19.3 Å². The minimum atomic E-state index is -1.38. The molecule has 2 atom stereocenters. The molecule has 0 spiro atoms. The molecule has 0 bridgehead atoms. The summed E-state index contributed by atoms with van der Waals surface area (Å²) in [6.45, 7) is 1.06. The second kappa shape index (κ2) is 8.10. The molecule has 8 heteroatoms. The van der Waals surface area contributed by atoms with Gasteiger partial charge in [0.25, 0.3) is 0 Å². The lowest BCUT2D eigenvalue weighted by atomic mass is 9.75. The molecule has 170 valence electrons. The molecule has 2 fully saturated rings. The summed E-state index contributed by atoms with van der Waals surface area (Å²) in [7, 11) is 1.41. The minimum Gasteiger partial charge on any atom is -0.342 e. The van der Waals surface area contributed by atoms with Gasteiger partial charge in [0.15, 0.2) is 0 Å². The lowest BCUT2D eigenvalue weighted by Gasteiger charge is -2.35. The average molecular weight is 448 g/mol. The standard InChI is InChI=1S/C25H25FN4O3/c1-29-21(31)13-25(24(29)33,17-7-4-8-18(26)12-17)14-22(32)30-11-5-6-16(15-30)23-27-19-9-2-3-10-20(19)28-23/h2-4,7-10,12,16H,5-6,11,13-15H2,1H3,(H,27,28). The fourth-order valence-electron chi connectivity index (χ4n) is 5.10. The largest absolute Gasteiger partial charge is 0.342 e. The highest BCUT2D eigenvalue weighted by Crippen LogP contribution is 2.40. The van der Waals surface area contributed by atoms with E-state index in [1.165, 1.54) is 25.2 Å². The van der Waals surface area contributed by atoms with E-state index < -0.39 is 17.1 Å². The van der Waals surface area contributed by atoms with E-state index in [1.54, 1.807) is 11.0 Å². The second-order valence-electron chi connectivity index (χ2n) is 9.02. The predicted octanol–water partition coefficient (Wildman–Crippen LogP) is 3.12. The van der Waals surface area contributed by atoms with Gasteiger partial charge in [0.05, 0.1) is 16.4 Å². The maximum atomic E-state index is 14.0. The zero-order chi connectivity index (χ0) is 23.2. The Labute approximate surface area is 190 Å². The highest BCUT2D eigenvalue weighted by atomic mass is 19.1. The Morgan fingerprint density at radius 2 is 2.03 bits per heavy atom. The number of H-pyrrole nitrogens is 1. The van der Waals surface area contributed by atoms with Gasteiger partial charge in [0.2, 0.25) is 17.7 Å². The molecule has 3 heterocycles. The number of likely N-dealkylation sites (N-methyl/N-ethyl adjacent to an activating group) is 1. The van der Waals surface area contributed by atoms with Crippen molar-refractivity contribution in [2.24, 2.45) is 0 Å². The normalized spacial score (nSPS) is 23.5. The van der Waals surface area contributed by atoms with Crippen LogP contribution in [0, 0.1) is 5.82 Å². The molecule has 7 nitrogen and oxygen atoms in total. The Hall–Kier alpha value is -3.55. The number of halogens is 1. The summed E-state index contributed by atoms with van der Waals surface area (Å²) < 4.78 is 14.0. The van der Waals surface area contributed by atoms with Crippen molar-refractivity contribution in [3.05, 3.63) is 65.7 Å². The average Bonchev–Trinajstić information content (AvgIpc) is 3.35. The summed E-state index contributed by atoms with van der Waals surface area (Å²) in [5.74, 6) is -0.633. The van der Waals surface area contributed by atoms with Gasteiger partial charge in [-0.2, -0.15) is 0 Å². The fourth-order valence-corrected chi connectivity index (χ4v) is 5.10. The topological polar surface area (TPSA) is 86.4 Å². The number of carbonyl (C=O) groups is 3. The smallest absolute Gasteiger partial charge is 0.240 e. The molecule has 2 aromatic carbocycles. The number of imide groups is 1. The third-order valence-corrected chi connectivity index (χ3v) is 6.94. The van der Waals surface area contributed by atoms with E-state index in [2.05, 4.69) is 4.98 Å². The van der Waals surface area contributed by atoms with Crippen molar-refractivity contribution >= 4 is 28.8 Å². The van der Waals surface area contributed by atoms with Crippen LogP contribution in [0.2, 0.25) is 0 Å². The molecular formula is C25H25FN4O3. The first-order valence-corrected chi connectivity index (χ1v) is 11.2. The van der Waals surface area contributed by atoms with Gasteiger partial charge in [-0.1, -0.05) is 24.3 Å². The minimum absolute atomic E-state index is 0.0591. The summed E-state index contributed by atoms with van der Waals surface area (Å²) >= 11 is 0. The molecule has 2 aliphatic heterocycles. The molecule has 1 aromatic heterocycles. The van der Waals surface area contributed by atoms with E-state index in [9.17, 15) is 18.8 Å². The van der Waals surface area contributed by atoms with E-state index in [0.29, 0.717) is 18.7 Å². The molecule has 2 saturated heterocycles. The van der Waals surface area contributed by atoms with Crippen molar-refractivity contribution in [1.29, 1.82) is 0 Å². The van der Waals surface area contributed by atoms with Crippen molar-refractivity contribution < 1.29 is 18.8 Å². The van der Waals surface area contributed by atoms with Crippen molar-refractivity contribution in [2.75, 3.05) is 20.1 Å². The molecule has 0 aliphatic carbocycles. The molecule has 3 amide bonds. The molecule has 1 N–H and O–H groups in total. The zero-order valence-electron chi connectivity index (χ0n) is 18.4. The van der Waals surface area contributed by atoms with Gasteiger partial charge in [-0.15, -0.1) is 0 Å². The number of benzene rings is 2. The molecule has 0 saturated carbocycles. The molecule has 2 aliphatic rings. The van der Waals surface area contributed by atoms with Crippen LogP contribution < -0.4 is 0 Å². The maximum Gasteiger partial charge on any atom is 0.240 e. The van der Waals surface area contributed by atoms with Crippen LogP contribution in [0.25, 0.3) is 11.0 Å².